The molecule has 4 rings (SSSR count). The molecule has 0 aromatic heterocycles. The second-order valence-electron chi connectivity index (χ2n) is 8.80. The van der Waals surface area contributed by atoms with Crippen molar-refractivity contribution in [1.82, 2.24) is 5.32 Å². The molecule has 1 aliphatic carbocycles. The molecule has 1 amide bonds. The number of allylic oxidation sites excluding steroid dienone is 3. The number of ether oxygens (including phenoxy) is 1. The van der Waals surface area contributed by atoms with Crippen molar-refractivity contribution in [2.45, 2.75) is 56.5 Å². The van der Waals surface area contributed by atoms with E-state index in [1.54, 1.807) is 0 Å². The van der Waals surface area contributed by atoms with Gasteiger partial charge in [0.1, 0.15) is 0 Å². The Hall–Kier alpha value is -2.32. The fourth-order valence-corrected chi connectivity index (χ4v) is 4.99. The van der Waals surface area contributed by atoms with E-state index in [9.17, 15) is 18.0 Å². The molecule has 0 radical (unpaired) electrons. The van der Waals surface area contributed by atoms with Gasteiger partial charge in [-0.3, -0.25) is 4.79 Å². The van der Waals surface area contributed by atoms with Crippen LogP contribution in [0, 0.1) is 11.8 Å². The SMILES string of the molecule is NCCCC(=O)NC[C@H]1CC[C@@H]2[C@H](O1)c1cc(C(F)(F)F)ccc1N[C@H]2C1C=CC=CC1. The minimum atomic E-state index is -4.41. The molecular weight excluding hydrogens is 419 g/mol. The Kier molecular flexibility index (Phi) is 6.90. The van der Waals surface area contributed by atoms with Crippen LogP contribution in [0.5, 0.6) is 0 Å². The molecule has 5 nitrogen and oxygen atoms in total. The zero-order chi connectivity index (χ0) is 22.7. The minimum Gasteiger partial charge on any atom is -0.381 e. The highest BCUT2D eigenvalue weighted by Crippen LogP contribution is 2.49. The number of halogens is 3. The van der Waals surface area contributed by atoms with Gasteiger partial charge >= 0.3 is 6.18 Å². The van der Waals surface area contributed by atoms with Gasteiger partial charge in [-0.25, -0.2) is 0 Å². The average molecular weight is 450 g/mol. The van der Waals surface area contributed by atoms with E-state index in [1.807, 2.05) is 12.2 Å². The molecule has 32 heavy (non-hydrogen) atoms. The van der Waals surface area contributed by atoms with E-state index in [4.69, 9.17) is 10.5 Å². The number of nitrogens with two attached hydrogens (primary N) is 1. The lowest BCUT2D eigenvalue weighted by molar-refractivity contribution is -0.138. The topological polar surface area (TPSA) is 76.4 Å². The number of carbonyl (C=O) groups excluding carboxylic acids is 1. The van der Waals surface area contributed by atoms with E-state index >= 15 is 0 Å². The van der Waals surface area contributed by atoms with E-state index in [0.717, 1.165) is 25.3 Å². The molecule has 2 aliphatic heterocycles. The van der Waals surface area contributed by atoms with Gasteiger partial charge in [0.2, 0.25) is 5.91 Å². The van der Waals surface area contributed by atoms with Gasteiger partial charge in [0.15, 0.2) is 0 Å². The number of nitrogens with one attached hydrogen (secondary N) is 2. The molecule has 1 fully saturated rings. The van der Waals surface area contributed by atoms with E-state index in [1.165, 1.54) is 12.1 Å². The summed E-state index contributed by atoms with van der Waals surface area (Å²) < 4.78 is 46.6. The van der Waals surface area contributed by atoms with Gasteiger partial charge in [-0.15, -0.1) is 0 Å². The Morgan fingerprint density at radius 1 is 1.25 bits per heavy atom. The number of fused-ring (bicyclic) bond motifs is 3. The standard InChI is InChI=1S/C24H30F3N3O2/c25-24(26,27)16-8-11-20-19(13-16)23-18(22(30-20)15-5-2-1-3-6-15)10-9-17(32-23)14-29-21(31)7-4-12-28/h1-3,5,8,11,13,15,17-18,22-23,30H,4,6-7,9-10,12,14,28H2,(H,29,31)/t15?,17-,18+,22+,23+/m1/s1. The van der Waals surface area contributed by atoms with Gasteiger partial charge in [-0.2, -0.15) is 13.2 Å². The molecule has 0 bridgehead atoms. The zero-order valence-corrected chi connectivity index (χ0v) is 17.9. The second kappa shape index (κ2) is 9.67. The van der Waals surface area contributed by atoms with Gasteiger partial charge in [-0.1, -0.05) is 24.3 Å². The third-order valence-electron chi connectivity index (χ3n) is 6.63. The first-order valence-electron chi connectivity index (χ1n) is 11.3. The minimum absolute atomic E-state index is 0.0522. The van der Waals surface area contributed by atoms with Crippen LogP contribution in [-0.2, 0) is 15.7 Å². The number of hydrogen-bond donors (Lipinski definition) is 3. The quantitative estimate of drug-likeness (QED) is 0.605. The zero-order valence-electron chi connectivity index (χ0n) is 17.9. The maximum atomic E-state index is 13.4. The van der Waals surface area contributed by atoms with Crippen molar-refractivity contribution in [1.29, 1.82) is 0 Å². The first-order chi connectivity index (χ1) is 15.4. The van der Waals surface area contributed by atoms with Crippen molar-refractivity contribution in [2.24, 2.45) is 17.6 Å². The predicted octanol–water partition coefficient (Wildman–Crippen LogP) is 4.32. The number of rotatable bonds is 6. The largest absolute Gasteiger partial charge is 0.416 e. The molecule has 1 aromatic carbocycles. The first kappa shape index (κ1) is 22.9. The number of alkyl halides is 3. The van der Waals surface area contributed by atoms with E-state index in [-0.39, 0.29) is 29.9 Å². The summed E-state index contributed by atoms with van der Waals surface area (Å²) in [5.74, 6) is 0.221. The van der Waals surface area contributed by atoms with Crippen LogP contribution in [0.25, 0.3) is 0 Å². The van der Waals surface area contributed by atoms with E-state index in [0.29, 0.717) is 37.2 Å². The highest BCUT2D eigenvalue weighted by atomic mass is 19.4. The Bertz CT molecular complexity index is 884. The number of hydrogen-bond acceptors (Lipinski definition) is 4. The lowest BCUT2D eigenvalue weighted by Crippen LogP contribution is -2.48. The van der Waals surface area contributed by atoms with Gasteiger partial charge in [0, 0.05) is 42.1 Å². The molecular formula is C24H30F3N3O2. The molecule has 0 spiro atoms. The average Bonchev–Trinajstić information content (AvgIpc) is 2.80. The van der Waals surface area contributed by atoms with Crippen LogP contribution in [0.2, 0.25) is 0 Å². The fourth-order valence-electron chi connectivity index (χ4n) is 4.99. The number of amides is 1. The molecule has 4 N–H and O–H groups in total. The van der Waals surface area contributed by atoms with Gasteiger partial charge in [-0.05, 0) is 50.4 Å². The first-order valence-corrected chi connectivity index (χ1v) is 11.3. The van der Waals surface area contributed by atoms with Crippen molar-refractivity contribution in [3.05, 3.63) is 53.6 Å². The monoisotopic (exact) mass is 449 g/mol. The van der Waals surface area contributed by atoms with E-state index < -0.39 is 17.8 Å². The predicted molar refractivity (Wildman–Crippen MR) is 117 cm³/mol. The molecule has 3 aliphatic rings. The molecule has 0 saturated carbocycles. The third kappa shape index (κ3) is 5.02. The maximum Gasteiger partial charge on any atom is 0.416 e. The van der Waals surface area contributed by atoms with Crippen LogP contribution in [0.1, 0.15) is 49.3 Å². The smallest absolute Gasteiger partial charge is 0.381 e. The summed E-state index contributed by atoms with van der Waals surface area (Å²) in [5.41, 5.74) is 6.03. The van der Waals surface area contributed by atoms with Crippen LogP contribution in [0.15, 0.2) is 42.5 Å². The van der Waals surface area contributed by atoms with Crippen LogP contribution in [-0.4, -0.2) is 31.1 Å². The van der Waals surface area contributed by atoms with Crippen LogP contribution in [0.4, 0.5) is 18.9 Å². The van der Waals surface area contributed by atoms with Crippen LogP contribution in [0.3, 0.4) is 0 Å². The van der Waals surface area contributed by atoms with E-state index in [2.05, 4.69) is 22.8 Å². The highest BCUT2D eigenvalue weighted by molar-refractivity contribution is 5.75. The lowest BCUT2D eigenvalue weighted by atomic mass is 9.73. The highest BCUT2D eigenvalue weighted by Gasteiger charge is 2.45. The Labute approximate surface area is 186 Å². The van der Waals surface area contributed by atoms with Crippen LogP contribution >= 0.6 is 0 Å². The maximum absolute atomic E-state index is 13.4. The second-order valence-corrected chi connectivity index (χ2v) is 8.80. The Morgan fingerprint density at radius 2 is 2.09 bits per heavy atom. The summed E-state index contributed by atoms with van der Waals surface area (Å²) in [6, 6.07) is 3.93. The van der Waals surface area contributed by atoms with Crippen molar-refractivity contribution in [3.8, 4) is 0 Å². The third-order valence-corrected chi connectivity index (χ3v) is 6.63. The fraction of sp³-hybridized carbons (Fsp3) is 0.542. The Morgan fingerprint density at radius 3 is 2.81 bits per heavy atom. The summed E-state index contributed by atoms with van der Waals surface area (Å²) in [6.45, 7) is 0.805. The number of carbonyl (C=O) groups is 1. The van der Waals surface area contributed by atoms with Crippen molar-refractivity contribution >= 4 is 11.6 Å². The van der Waals surface area contributed by atoms with Gasteiger partial charge in [0.25, 0.3) is 0 Å². The van der Waals surface area contributed by atoms with Gasteiger partial charge in [0.05, 0.1) is 17.8 Å². The summed E-state index contributed by atoms with van der Waals surface area (Å²) in [5, 5.41) is 6.40. The summed E-state index contributed by atoms with van der Waals surface area (Å²) in [7, 11) is 0. The number of benzene rings is 1. The molecule has 8 heteroatoms. The summed E-state index contributed by atoms with van der Waals surface area (Å²) >= 11 is 0. The van der Waals surface area contributed by atoms with Crippen molar-refractivity contribution < 1.29 is 22.7 Å². The van der Waals surface area contributed by atoms with Gasteiger partial charge < -0.3 is 21.1 Å². The normalized spacial score (nSPS) is 29.1. The lowest BCUT2D eigenvalue weighted by Gasteiger charge is -2.47. The summed E-state index contributed by atoms with van der Waals surface area (Å²) in [6.07, 6.45) is 6.65. The van der Waals surface area contributed by atoms with Crippen molar-refractivity contribution in [2.75, 3.05) is 18.4 Å². The molecule has 1 saturated heterocycles. The summed E-state index contributed by atoms with van der Waals surface area (Å²) in [4.78, 5) is 12.0. The molecule has 174 valence electrons. The Balaban J connectivity index is 1.56. The molecule has 1 aromatic rings. The molecule has 1 unspecified atom stereocenters. The molecule has 5 atom stereocenters. The molecule has 2 heterocycles. The van der Waals surface area contributed by atoms with Crippen LogP contribution < -0.4 is 16.4 Å². The number of anilines is 1. The van der Waals surface area contributed by atoms with Crippen molar-refractivity contribution in [3.63, 3.8) is 0 Å².